The first-order chi connectivity index (χ1) is 6.45. The first kappa shape index (κ1) is 9.32. The van der Waals surface area contributed by atoms with Gasteiger partial charge < -0.3 is 29.9 Å². The maximum atomic E-state index is 9.41. The van der Waals surface area contributed by atoms with E-state index in [2.05, 4.69) is 4.74 Å². The van der Waals surface area contributed by atoms with Crippen LogP contribution in [0.1, 0.15) is 1.37 Å². The minimum atomic E-state index is -2.51. The fourth-order valence-electron chi connectivity index (χ4n) is 1.15. The summed E-state index contributed by atoms with van der Waals surface area (Å²) in [7, 11) is 1.22. The van der Waals surface area contributed by atoms with Crippen molar-refractivity contribution in [3.8, 4) is 0 Å². The molecule has 6 nitrogen and oxygen atoms in total. The molecule has 1 aliphatic rings. The zero-order valence-corrected chi connectivity index (χ0v) is 7.12. The van der Waals surface area contributed by atoms with Crippen LogP contribution in [0.2, 0.25) is 0 Å². The maximum absolute atomic E-state index is 9.41. The van der Waals surface area contributed by atoms with E-state index in [0.29, 0.717) is 0 Å². The number of ether oxygens (including phenoxy) is 2. The first-order valence-corrected chi connectivity index (χ1v) is 3.82. The molecule has 0 aliphatic carbocycles. The second-order valence-corrected chi connectivity index (χ2v) is 2.78. The Morgan fingerprint density at radius 3 is 2.46 bits per heavy atom. The van der Waals surface area contributed by atoms with Gasteiger partial charge in [0.05, 0.1) is 7.98 Å². The molecule has 0 amide bonds. The molecule has 1 rings (SSSR count). The highest BCUT2D eigenvalue weighted by Crippen LogP contribution is 2.20. The van der Waals surface area contributed by atoms with Crippen molar-refractivity contribution < 1.29 is 31.3 Å². The van der Waals surface area contributed by atoms with E-state index in [4.69, 9.17) is 11.2 Å². The average Bonchev–Trinajstić information content (AvgIpc) is 2.16. The second kappa shape index (κ2) is 4.32. The van der Waals surface area contributed by atoms with Crippen LogP contribution in [0.4, 0.5) is 0 Å². The van der Waals surface area contributed by atoms with Crippen molar-refractivity contribution in [3.63, 3.8) is 0 Å². The summed E-state index contributed by atoms with van der Waals surface area (Å²) in [5, 5.41) is 36.9. The molecule has 13 heavy (non-hydrogen) atoms. The third kappa shape index (κ3) is 1.98. The number of methoxy groups -OCH3 is 1. The van der Waals surface area contributed by atoms with Gasteiger partial charge in [-0.15, -0.1) is 0 Å². The van der Waals surface area contributed by atoms with Crippen molar-refractivity contribution >= 4 is 0 Å². The Balaban J connectivity index is 2.84. The summed E-state index contributed by atoms with van der Waals surface area (Å²) in [6, 6.07) is 0. The Labute approximate surface area is 76.7 Å². The molecule has 1 unspecified atom stereocenters. The van der Waals surface area contributed by atoms with E-state index in [9.17, 15) is 15.3 Å². The predicted molar refractivity (Wildman–Crippen MR) is 40.8 cm³/mol. The van der Waals surface area contributed by atoms with Crippen LogP contribution in [0.3, 0.4) is 0 Å². The summed E-state index contributed by atoms with van der Waals surface area (Å²) in [6.07, 6.45) is -8.27. The molecule has 4 N–H and O–H groups in total. The van der Waals surface area contributed by atoms with Gasteiger partial charge in [-0.2, -0.15) is 0 Å². The first-order valence-electron chi connectivity index (χ1n) is 4.32. The highest BCUT2D eigenvalue weighted by atomic mass is 16.7. The van der Waals surface area contributed by atoms with Gasteiger partial charge in [0, 0.05) is 7.11 Å². The van der Waals surface area contributed by atoms with Crippen LogP contribution in [0.15, 0.2) is 0 Å². The van der Waals surface area contributed by atoms with Crippen LogP contribution in [0, 0.1) is 0 Å². The fraction of sp³-hybridized carbons (Fsp3) is 1.00. The summed E-state index contributed by atoms with van der Waals surface area (Å²) in [5.41, 5.74) is 0. The molecule has 0 bridgehead atoms. The molecule has 1 fully saturated rings. The van der Waals surface area contributed by atoms with E-state index >= 15 is 0 Å². The van der Waals surface area contributed by atoms with Gasteiger partial charge in [-0.1, -0.05) is 0 Å². The SMILES string of the molecule is [2H][C@]1(O)[C@H](O)[C@@H](CO)OC(OC)[C@@H]1O. The fourth-order valence-corrected chi connectivity index (χ4v) is 1.15. The Morgan fingerprint density at radius 1 is 1.38 bits per heavy atom. The average molecular weight is 195 g/mol. The second-order valence-electron chi connectivity index (χ2n) is 2.78. The van der Waals surface area contributed by atoms with E-state index < -0.39 is 37.3 Å². The monoisotopic (exact) mass is 195 g/mol. The lowest BCUT2D eigenvalue weighted by atomic mass is 9.99. The lowest BCUT2D eigenvalue weighted by Gasteiger charge is -2.38. The molecule has 0 aromatic rings. The molecule has 0 aromatic carbocycles. The van der Waals surface area contributed by atoms with Gasteiger partial charge in [-0.3, -0.25) is 0 Å². The van der Waals surface area contributed by atoms with Gasteiger partial charge >= 0.3 is 0 Å². The highest BCUT2D eigenvalue weighted by Gasteiger charge is 2.43. The number of aliphatic hydroxyl groups is 4. The maximum Gasteiger partial charge on any atom is 0.186 e. The van der Waals surface area contributed by atoms with Crippen molar-refractivity contribution in [1.29, 1.82) is 0 Å². The summed E-state index contributed by atoms with van der Waals surface area (Å²) in [4.78, 5) is 0. The summed E-state index contributed by atoms with van der Waals surface area (Å²) in [5.74, 6) is 0. The lowest BCUT2D eigenvalue weighted by Crippen LogP contribution is -2.58. The van der Waals surface area contributed by atoms with E-state index in [1.807, 2.05) is 0 Å². The van der Waals surface area contributed by atoms with Gasteiger partial charge in [0.15, 0.2) is 6.29 Å². The van der Waals surface area contributed by atoms with Gasteiger partial charge in [-0.25, -0.2) is 0 Å². The summed E-state index contributed by atoms with van der Waals surface area (Å²) < 4.78 is 16.8. The Kier molecular flexibility index (Phi) is 3.09. The van der Waals surface area contributed by atoms with Crippen molar-refractivity contribution in [3.05, 3.63) is 0 Å². The largest absolute Gasteiger partial charge is 0.394 e. The van der Waals surface area contributed by atoms with Crippen molar-refractivity contribution in [1.82, 2.24) is 0 Å². The standard InChI is InChI=1S/C7H14O6/c1-12-7-6(11)5(10)4(9)3(2-8)13-7/h3-11H,2H2,1H3/t3-,4-,5+,6-,7?/m1/s1/i5D. The van der Waals surface area contributed by atoms with E-state index in [0.717, 1.165) is 0 Å². The zero-order chi connectivity index (χ0) is 10.9. The molecule has 0 saturated carbocycles. The van der Waals surface area contributed by atoms with Crippen LogP contribution < -0.4 is 0 Å². The van der Waals surface area contributed by atoms with Crippen molar-refractivity contribution in [2.75, 3.05) is 13.7 Å². The molecule has 1 saturated heterocycles. The molecule has 1 aliphatic heterocycles. The Bertz CT molecular complexity index is 181. The zero-order valence-electron chi connectivity index (χ0n) is 8.12. The van der Waals surface area contributed by atoms with Crippen molar-refractivity contribution in [2.45, 2.75) is 30.7 Å². The third-order valence-electron chi connectivity index (χ3n) is 1.94. The van der Waals surface area contributed by atoms with Gasteiger partial charge in [-0.05, 0) is 0 Å². The number of rotatable bonds is 2. The number of hydrogen-bond acceptors (Lipinski definition) is 6. The Morgan fingerprint density at radius 2 is 2.00 bits per heavy atom. The normalized spacial score (nSPS) is 53.2. The third-order valence-corrected chi connectivity index (χ3v) is 1.94. The molecule has 78 valence electrons. The number of hydrogen-bond donors (Lipinski definition) is 4. The minimum Gasteiger partial charge on any atom is -0.394 e. The molecule has 0 spiro atoms. The van der Waals surface area contributed by atoms with Gasteiger partial charge in [0.25, 0.3) is 0 Å². The molecular weight excluding hydrogens is 180 g/mol. The molecule has 0 radical (unpaired) electrons. The molecular formula is C7H14O6. The topological polar surface area (TPSA) is 99.4 Å². The lowest BCUT2D eigenvalue weighted by molar-refractivity contribution is -0.294. The van der Waals surface area contributed by atoms with Crippen molar-refractivity contribution in [2.24, 2.45) is 0 Å². The van der Waals surface area contributed by atoms with Crippen LogP contribution in [0.5, 0.6) is 0 Å². The smallest absolute Gasteiger partial charge is 0.186 e. The van der Waals surface area contributed by atoms with Crippen LogP contribution in [-0.4, -0.2) is 64.8 Å². The van der Waals surface area contributed by atoms with Crippen LogP contribution in [0.25, 0.3) is 0 Å². The minimum absolute atomic E-state index is 0.574. The van der Waals surface area contributed by atoms with E-state index in [1.165, 1.54) is 7.11 Å². The number of aliphatic hydroxyl groups excluding tert-OH is 3. The van der Waals surface area contributed by atoms with Crippen LogP contribution in [-0.2, 0) is 9.47 Å². The Hall–Kier alpha value is -0.240. The quantitative estimate of drug-likeness (QED) is 0.386. The van der Waals surface area contributed by atoms with E-state index in [1.54, 1.807) is 0 Å². The summed E-state index contributed by atoms with van der Waals surface area (Å²) >= 11 is 0. The highest BCUT2D eigenvalue weighted by molar-refractivity contribution is 4.88. The van der Waals surface area contributed by atoms with Gasteiger partial charge in [0.2, 0.25) is 0 Å². The molecule has 6 heteroatoms. The van der Waals surface area contributed by atoms with E-state index in [-0.39, 0.29) is 0 Å². The van der Waals surface area contributed by atoms with Gasteiger partial charge in [0.1, 0.15) is 24.4 Å². The predicted octanol–water partition coefficient (Wildman–Crippen LogP) is -2.57. The molecule has 1 heterocycles. The molecule has 0 aromatic heterocycles. The molecule has 5 atom stereocenters. The summed E-state index contributed by atoms with van der Waals surface area (Å²) in [6.45, 7) is -0.574. The van der Waals surface area contributed by atoms with Crippen LogP contribution >= 0.6 is 0 Å².